The normalized spacial score (nSPS) is 12.1. The molecule has 0 rings (SSSR count). The molecule has 0 fully saturated rings. The van der Waals surface area contributed by atoms with Gasteiger partial charge in [0.15, 0.2) is 0 Å². The van der Waals surface area contributed by atoms with Crippen molar-refractivity contribution in [3.63, 3.8) is 0 Å². The number of aliphatic carboxylic acids is 1. The molecule has 0 saturated heterocycles. The number of carbonyl (C=O) groups excluding carboxylic acids is 1. The first-order valence-electron chi connectivity index (χ1n) is 5.08. The van der Waals surface area contributed by atoms with Crippen LogP contribution in [-0.4, -0.2) is 23.5 Å². The number of amides is 1. The molecular formula is C10H19NO3. The largest absolute Gasteiger partial charge is 0.481 e. The van der Waals surface area contributed by atoms with Gasteiger partial charge in [0.05, 0.1) is 0 Å². The van der Waals surface area contributed by atoms with Crippen molar-refractivity contribution < 1.29 is 14.7 Å². The molecule has 14 heavy (non-hydrogen) atoms. The van der Waals surface area contributed by atoms with Crippen molar-refractivity contribution in [1.29, 1.82) is 0 Å². The van der Waals surface area contributed by atoms with Crippen molar-refractivity contribution in [2.24, 2.45) is 5.92 Å². The molecule has 2 N–H and O–H groups in total. The minimum absolute atomic E-state index is 0.0105. The molecule has 1 amide bonds. The summed E-state index contributed by atoms with van der Waals surface area (Å²) in [7, 11) is 0. The lowest BCUT2D eigenvalue weighted by Crippen LogP contribution is -2.29. The minimum atomic E-state index is -0.804. The molecule has 0 heterocycles. The second-order valence-corrected chi connectivity index (χ2v) is 3.43. The van der Waals surface area contributed by atoms with Crippen LogP contribution in [0.4, 0.5) is 0 Å². The predicted octanol–water partition coefficient (Wildman–Crippen LogP) is 1.40. The van der Waals surface area contributed by atoms with E-state index in [4.69, 9.17) is 5.11 Å². The number of carbonyl (C=O) groups is 2. The summed E-state index contributed by atoms with van der Waals surface area (Å²) in [6, 6.07) is 0. The number of rotatable bonds is 7. The number of carboxylic acids is 1. The molecule has 0 spiro atoms. The lowest BCUT2D eigenvalue weighted by Gasteiger charge is -2.12. The van der Waals surface area contributed by atoms with E-state index in [2.05, 4.69) is 5.32 Å². The summed E-state index contributed by atoms with van der Waals surface area (Å²) < 4.78 is 0. The molecule has 82 valence electrons. The van der Waals surface area contributed by atoms with Gasteiger partial charge >= 0.3 is 5.97 Å². The quantitative estimate of drug-likeness (QED) is 0.654. The summed E-state index contributed by atoms with van der Waals surface area (Å²) in [5, 5.41) is 11.3. The van der Waals surface area contributed by atoms with Crippen molar-refractivity contribution in [1.82, 2.24) is 5.32 Å². The van der Waals surface area contributed by atoms with Crippen LogP contribution in [0, 0.1) is 5.92 Å². The lowest BCUT2D eigenvalue weighted by atomic mass is 10.0. The zero-order valence-electron chi connectivity index (χ0n) is 8.88. The van der Waals surface area contributed by atoms with E-state index < -0.39 is 5.97 Å². The van der Waals surface area contributed by atoms with Gasteiger partial charge in [-0.3, -0.25) is 9.59 Å². The van der Waals surface area contributed by atoms with Gasteiger partial charge in [0.2, 0.25) is 5.91 Å². The monoisotopic (exact) mass is 201 g/mol. The third kappa shape index (κ3) is 6.46. The van der Waals surface area contributed by atoms with Crippen LogP contribution in [0.1, 0.15) is 39.5 Å². The highest BCUT2D eigenvalue weighted by atomic mass is 16.4. The minimum Gasteiger partial charge on any atom is -0.481 e. The Hall–Kier alpha value is -1.06. The topological polar surface area (TPSA) is 66.4 Å². The summed E-state index contributed by atoms with van der Waals surface area (Å²) in [6.07, 6.45) is 2.24. The SMILES string of the molecule is CCCC(=O)NCC(CC)CC(=O)O. The van der Waals surface area contributed by atoms with E-state index in [0.717, 1.165) is 12.8 Å². The Kier molecular flexibility index (Phi) is 6.80. The summed E-state index contributed by atoms with van der Waals surface area (Å²) >= 11 is 0. The fourth-order valence-corrected chi connectivity index (χ4v) is 1.18. The van der Waals surface area contributed by atoms with Crippen LogP contribution in [-0.2, 0) is 9.59 Å². The number of hydrogen-bond acceptors (Lipinski definition) is 2. The van der Waals surface area contributed by atoms with Crippen molar-refractivity contribution in [3.8, 4) is 0 Å². The molecule has 0 saturated carbocycles. The molecular weight excluding hydrogens is 182 g/mol. The molecule has 0 aliphatic heterocycles. The van der Waals surface area contributed by atoms with Gasteiger partial charge in [0.1, 0.15) is 0 Å². The van der Waals surface area contributed by atoms with Crippen molar-refractivity contribution in [3.05, 3.63) is 0 Å². The molecule has 0 aromatic carbocycles. The standard InChI is InChI=1S/C10H19NO3/c1-3-5-9(12)11-7-8(4-2)6-10(13)14/h8H,3-7H2,1-2H3,(H,11,12)(H,13,14). The van der Waals surface area contributed by atoms with Crippen molar-refractivity contribution in [2.75, 3.05) is 6.54 Å². The van der Waals surface area contributed by atoms with Gasteiger partial charge in [-0.2, -0.15) is 0 Å². The van der Waals surface area contributed by atoms with Gasteiger partial charge in [-0.15, -0.1) is 0 Å². The maximum absolute atomic E-state index is 11.1. The first-order chi connectivity index (χ1) is 6.60. The second kappa shape index (κ2) is 7.35. The van der Waals surface area contributed by atoms with Gasteiger partial charge in [0.25, 0.3) is 0 Å². The van der Waals surface area contributed by atoms with Crippen LogP contribution in [0.2, 0.25) is 0 Å². The highest BCUT2D eigenvalue weighted by Crippen LogP contribution is 2.06. The Balaban J connectivity index is 3.71. The smallest absolute Gasteiger partial charge is 0.303 e. The van der Waals surface area contributed by atoms with Crippen molar-refractivity contribution in [2.45, 2.75) is 39.5 Å². The molecule has 1 unspecified atom stereocenters. The van der Waals surface area contributed by atoms with Crippen molar-refractivity contribution >= 4 is 11.9 Å². The maximum atomic E-state index is 11.1. The summed E-state index contributed by atoms with van der Waals surface area (Å²) in [5.74, 6) is -0.744. The molecule has 0 aliphatic rings. The maximum Gasteiger partial charge on any atom is 0.303 e. The fraction of sp³-hybridized carbons (Fsp3) is 0.800. The van der Waals surface area contributed by atoms with E-state index in [0.29, 0.717) is 13.0 Å². The van der Waals surface area contributed by atoms with Crippen LogP contribution in [0.15, 0.2) is 0 Å². The van der Waals surface area contributed by atoms with Gasteiger partial charge in [-0.1, -0.05) is 20.3 Å². The summed E-state index contributed by atoms with van der Waals surface area (Å²) in [4.78, 5) is 21.5. The van der Waals surface area contributed by atoms with Crippen LogP contribution in [0.25, 0.3) is 0 Å². The van der Waals surface area contributed by atoms with E-state index >= 15 is 0 Å². The predicted molar refractivity (Wildman–Crippen MR) is 54.0 cm³/mol. The van der Waals surface area contributed by atoms with E-state index in [1.54, 1.807) is 0 Å². The average molecular weight is 201 g/mol. The molecule has 4 nitrogen and oxygen atoms in total. The van der Waals surface area contributed by atoms with Crippen LogP contribution in [0.5, 0.6) is 0 Å². The van der Waals surface area contributed by atoms with E-state index in [1.165, 1.54) is 0 Å². The molecule has 0 radical (unpaired) electrons. The number of hydrogen-bond donors (Lipinski definition) is 2. The van der Waals surface area contributed by atoms with E-state index in [-0.39, 0.29) is 18.2 Å². The molecule has 0 aromatic rings. The van der Waals surface area contributed by atoms with Crippen LogP contribution < -0.4 is 5.32 Å². The Morgan fingerprint density at radius 2 is 2.00 bits per heavy atom. The fourth-order valence-electron chi connectivity index (χ4n) is 1.18. The summed E-state index contributed by atoms with van der Waals surface area (Å²) in [6.45, 7) is 4.34. The van der Waals surface area contributed by atoms with Gasteiger partial charge in [-0.25, -0.2) is 0 Å². The van der Waals surface area contributed by atoms with E-state index in [1.807, 2.05) is 13.8 Å². The molecule has 1 atom stereocenters. The third-order valence-electron chi connectivity index (χ3n) is 2.11. The molecule has 0 aromatic heterocycles. The molecule has 0 aliphatic carbocycles. The zero-order chi connectivity index (χ0) is 11.0. The van der Waals surface area contributed by atoms with Crippen LogP contribution in [0.3, 0.4) is 0 Å². The zero-order valence-corrected chi connectivity index (χ0v) is 8.88. The van der Waals surface area contributed by atoms with E-state index in [9.17, 15) is 9.59 Å². The number of nitrogens with one attached hydrogen (secondary N) is 1. The Labute approximate surface area is 84.7 Å². The van der Waals surface area contributed by atoms with Gasteiger partial charge in [0, 0.05) is 19.4 Å². The lowest BCUT2D eigenvalue weighted by molar-refractivity contribution is -0.138. The number of carboxylic acid groups (broad SMARTS) is 1. The highest BCUT2D eigenvalue weighted by Gasteiger charge is 2.11. The van der Waals surface area contributed by atoms with Gasteiger partial charge in [-0.05, 0) is 12.3 Å². The van der Waals surface area contributed by atoms with Gasteiger partial charge < -0.3 is 10.4 Å². The third-order valence-corrected chi connectivity index (χ3v) is 2.11. The Morgan fingerprint density at radius 1 is 1.36 bits per heavy atom. The molecule has 4 heteroatoms. The molecule has 0 bridgehead atoms. The van der Waals surface area contributed by atoms with Crippen LogP contribution >= 0.6 is 0 Å². The Morgan fingerprint density at radius 3 is 2.43 bits per heavy atom. The Bertz CT molecular complexity index is 192. The summed E-state index contributed by atoms with van der Waals surface area (Å²) in [5.41, 5.74) is 0. The average Bonchev–Trinajstić information content (AvgIpc) is 2.12. The first kappa shape index (κ1) is 12.9. The second-order valence-electron chi connectivity index (χ2n) is 3.43. The first-order valence-corrected chi connectivity index (χ1v) is 5.08. The highest BCUT2D eigenvalue weighted by molar-refractivity contribution is 5.75.